The largest absolute Gasteiger partial charge is 0.490 e. The summed E-state index contributed by atoms with van der Waals surface area (Å²) in [6.45, 7) is 6.88. The van der Waals surface area contributed by atoms with Crippen LogP contribution in [0.25, 0.3) is 0 Å². The van der Waals surface area contributed by atoms with Gasteiger partial charge in [-0.2, -0.15) is 0 Å². The number of benzene rings is 1. The lowest BCUT2D eigenvalue weighted by Crippen LogP contribution is -1.98. The zero-order valence-electron chi connectivity index (χ0n) is 13.3. The number of rotatable bonds is 7. The maximum absolute atomic E-state index is 5.74. The van der Waals surface area contributed by atoms with Gasteiger partial charge in [0.2, 0.25) is 0 Å². The first-order valence-electron chi connectivity index (χ1n) is 7.35. The van der Waals surface area contributed by atoms with E-state index in [1.165, 1.54) is 16.7 Å². The Morgan fingerprint density at radius 2 is 1.86 bits per heavy atom. The van der Waals surface area contributed by atoms with Crippen LogP contribution >= 0.6 is 34.8 Å². The second-order valence-electron chi connectivity index (χ2n) is 5.44. The molecule has 0 amide bonds. The summed E-state index contributed by atoms with van der Waals surface area (Å²) >= 11 is 17.0. The van der Waals surface area contributed by atoms with E-state index in [2.05, 4.69) is 39.0 Å². The molecule has 0 aliphatic rings. The average Bonchev–Trinajstić information content (AvgIpc) is 2.41. The van der Waals surface area contributed by atoms with Crippen molar-refractivity contribution in [2.45, 2.75) is 43.8 Å². The molecule has 1 nitrogen and oxygen atoms in total. The Hall–Kier alpha value is -0.630. The first-order chi connectivity index (χ1) is 10.3. The molecular weight excluding hydrogens is 339 g/mol. The van der Waals surface area contributed by atoms with E-state index in [0.29, 0.717) is 13.0 Å². The molecule has 0 heterocycles. The molecule has 0 atom stereocenters. The van der Waals surface area contributed by atoms with E-state index < -0.39 is 3.79 Å². The SMILES string of the molecule is CC(=CCOc1ccc(C)c(C)c1)CCC=CCC(Cl)(Cl)Cl. The molecule has 0 unspecified atom stereocenters. The molecule has 0 fully saturated rings. The number of ether oxygens (including phenoxy) is 1. The van der Waals surface area contributed by atoms with Crippen LogP contribution in [-0.4, -0.2) is 10.4 Å². The van der Waals surface area contributed by atoms with Gasteiger partial charge in [-0.15, -0.1) is 0 Å². The monoisotopic (exact) mass is 360 g/mol. The minimum absolute atomic E-state index is 0.441. The number of hydrogen-bond donors (Lipinski definition) is 0. The van der Waals surface area contributed by atoms with E-state index in [1.807, 2.05) is 18.2 Å². The summed E-state index contributed by atoms with van der Waals surface area (Å²) in [5.74, 6) is 0.912. The highest BCUT2D eigenvalue weighted by Gasteiger charge is 2.16. The van der Waals surface area contributed by atoms with Crippen LogP contribution in [-0.2, 0) is 0 Å². The van der Waals surface area contributed by atoms with Crippen LogP contribution in [0.3, 0.4) is 0 Å². The molecule has 0 N–H and O–H groups in total. The number of aryl methyl sites for hydroxylation is 2. The van der Waals surface area contributed by atoms with Gasteiger partial charge in [0.1, 0.15) is 12.4 Å². The molecular formula is C18H23Cl3O. The number of alkyl halides is 3. The fourth-order valence-corrected chi connectivity index (χ4v) is 2.10. The molecule has 1 aromatic rings. The first-order valence-corrected chi connectivity index (χ1v) is 8.49. The van der Waals surface area contributed by atoms with E-state index in [1.54, 1.807) is 0 Å². The quantitative estimate of drug-likeness (QED) is 0.386. The van der Waals surface area contributed by atoms with E-state index >= 15 is 0 Å². The maximum Gasteiger partial charge on any atom is 0.194 e. The highest BCUT2D eigenvalue weighted by atomic mass is 35.6. The minimum Gasteiger partial charge on any atom is -0.490 e. The predicted octanol–water partition coefficient (Wildman–Crippen LogP) is 6.73. The summed E-state index contributed by atoms with van der Waals surface area (Å²) in [5, 5.41) is 0. The van der Waals surface area contributed by atoms with E-state index in [9.17, 15) is 0 Å². The minimum atomic E-state index is -1.19. The first kappa shape index (κ1) is 19.4. The van der Waals surface area contributed by atoms with Crippen molar-refractivity contribution in [3.05, 3.63) is 53.1 Å². The lowest BCUT2D eigenvalue weighted by molar-refractivity contribution is 0.361. The van der Waals surface area contributed by atoms with Crippen LogP contribution in [0.2, 0.25) is 0 Å². The summed E-state index contributed by atoms with van der Waals surface area (Å²) in [6.07, 6.45) is 8.42. The summed E-state index contributed by atoms with van der Waals surface area (Å²) in [5.41, 5.74) is 3.82. The fraction of sp³-hybridized carbons (Fsp3) is 0.444. The van der Waals surface area contributed by atoms with Crippen LogP contribution in [0.1, 0.15) is 37.3 Å². The molecule has 0 saturated carbocycles. The highest BCUT2D eigenvalue weighted by Crippen LogP contribution is 2.30. The van der Waals surface area contributed by atoms with Gasteiger partial charge < -0.3 is 4.74 Å². The fourth-order valence-electron chi connectivity index (χ4n) is 1.83. The highest BCUT2D eigenvalue weighted by molar-refractivity contribution is 6.67. The molecule has 122 valence electrons. The Kier molecular flexibility index (Phi) is 8.38. The standard InChI is InChI=1S/C18H23Cl3O/c1-14(7-5-4-6-11-18(19,20)21)10-12-22-17-9-8-15(2)16(3)13-17/h4,6,8-10,13H,5,7,11-12H2,1-3H3. The van der Waals surface area contributed by atoms with Gasteiger partial charge >= 0.3 is 0 Å². The van der Waals surface area contributed by atoms with Gasteiger partial charge in [-0.1, -0.05) is 58.6 Å². The summed E-state index contributed by atoms with van der Waals surface area (Å²) in [6, 6.07) is 6.15. The lowest BCUT2D eigenvalue weighted by Gasteiger charge is -2.07. The lowest BCUT2D eigenvalue weighted by atomic mass is 10.1. The predicted molar refractivity (Wildman–Crippen MR) is 98.4 cm³/mol. The molecule has 0 aliphatic carbocycles. The zero-order valence-corrected chi connectivity index (χ0v) is 15.6. The molecule has 0 radical (unpaired) electrons. The second-order valence-corrected chi connectivity index (χ2v) is 7.95. The Balaban J connectivity index is 2.29. The Morgan fingerprint density at radius 3 is 2.50 bits per heavy atom. The van der Waals surface area contributed by atoms with Crippen molar-refractivity contribution in [3.8, 4) is 5.75 Å². The average molecular weight is 362 g/mol. The Labute approximate surface area is 148 Å². The topological polar surface area (TPSA) is 9.23 Å². The van der Waals surface area contributed by atoms with Crippen LogP contribution in [0.5, 0.6) is 5.75 Å². The molecule has 1 aromatic carbocycles. The smallest absolute Gasteiger partial charge is 0.194 e. The van der Waals surface area contributed by atoms with Crippen molar-refractivity contribution in [1.82, 2.24) is 0 Å². The molecule has 0 bridgehead atoms. The molecule has 0 spiro atoms. The van der Waals surface area contributed by atoms with Gasteiger partial charge in [-0.3, -0.25) is 0 Å². The Morgan fingerprint density at radius 1 is 1.14 bits per heavy atom. The maximum atomic E-state index is 5.74. The number of halogens is 3. The molecule has 1 rings (SSSR count). The third-order valence-corrected chi connectivity index (χ3v) is 3.84. The molecule has 22 heavy (non-hydrogen) atoms. The van der Waals surface area contributed by atoms with Crippen LogP contribution < -0.4 is 4.74 Å². The van der Waals surface area contributed by atoms with Crippen LogP contribution in [0.4, 0.5) is 0 Å². The van der Waals surface area contributed by atoms with Crippen molar-refractivity contribution < 1.29 is 4.74 Å². The number of hydrogen-bond acceptors (Lipinski definition) is 1. The van der Waals surface area contributed by atoms with Gasteiger partial charge in [0.25, 0.3) is 0 Å². The third kappa shape index (κ3) is 8.73. The van der Waals surface area contributed by atoms with Crippen molar-refractivity contribution in [2.75, 3.05) is 6.61 Å². The van der Waals surface area contributed by atoms with Crippen molar-refractivity contribution in [3.63, 3.8) is 0 Å². The zero-order chi connectivity index (χ0) is 16.6. The number of allylic oxidation sites excluding steroid dienone is 3. The third-order valence-electron chi connectivity index (χ3n) is 3.38. The van der Waals surface area contributed by atoms with Gasteiger partial charge in [0.05, 0.1) is 0 Å². The second kappa shape index (κ2) is 9.50. The summed E-state index contributed by atoms with van der Waals surface area (Å²) in [4.78, 5) is 0. The van der Waals surface area contributed by atoms with Crippen LogP contribution in [0, 0.1) is 13.8 Å². The summed E-state index contributed by atoms with van der Waals surface area (Å²) < 4.78 is 4.54. The van der Waals surface area contributed by atoms with Crippen molar-refractivity contribution in [2.24, 2.45) is 0 Å². The molecule has 4 heteroatoms. The molecule has 0 aliphatic heterocycles. The molecule has 0 aromatic heterocycles. The van der Waals surface area contributed by atoms with E-state index in [4.69, 9.17) is 39.5 Å². The van der Waals surface area contributed by atoms with E-state index in [0.717, 1.165) is 18.6 Å². The van der Waals surface area contributed by atoms with Crippen molar-refractivity contribution in [1.29, 1.82) is 0 Å². The van der Waals surface area contributed by atoms with Crippen LogP contribution in [0.15, 0.2) is 42.0 Å². The van der Waals surface area contributed by atoms with Gasteiger partial charge in [-0.05, 0) is 62.9 Å². The van der Waals surface area contributed by atoms with E-state index in [-0.39, 0.29) is 0 Å². The van der Waals surface area contributed by atoms with Gasteiger partial charge in [0, 0.05) is 6.42 Å². The summed E-state index contributed by atoms with van der Waals surface area (Å²) in [7, 11) is 0. The molecule has 0 saturated heterocycles. The Bertz CT molecular complexity index is 528. The van der Waals surface area contributed by atoms with Gasteiger partial charge in [0.15, 0.2) is 3.79 Å². The van der Waals surface area contributed by atoms with Gasteiger partial charge in [-0.25, -0.2) is 0 Å². The normalized spacial score (nSPS) is 12.9. The van der Waals surface area contributed by atoms with Crippen molar-refractivity contribution >= 4 is 34.8 Å².